The third kappa shape index (κ3) is 1.41. The van der Waals surface area contributed by atoms with Crippen LogP contribution in [0.2, 0.25) is 0 Å². The van der Waals surface area contributed by atoms with Gasteiger partial charge in [-0.1, -0.05) is 32.6 Å². The minimum atomic E-state index is 0.955. The first-order chi connectivity index (χ1) is 7.27. The molecule has 2 aromatic carbocycles. The molecule has 0 spiro atoms. The Morgan fingerprint density at radius 1 is 1.13 bits per heavy atom. The van der Waals surface area contributed by atoms with Gasteiger partial charge in [-0.05, 0) is 45.0 Å². The van der Waals surface area contributed by atoms with E-state index in [0.29, 0.717) is 0 Å². The topological polar surface area (TPSA) is 25.8 Å². The number of hydrogen-bond acceptors (Lipinski definition) is 3. The van der Waals surface area contributed by atoms with E-state index in [-0.39, 0.29) is 0 Å². The number of fused-ring (bicyclic) bond motifs is 3. The lowest BCUT2D eigenvalue weighted by Crippen LogP contribution is -1.79. The van der Waals surface area contributed by atoms with Gasteiger partial charge in [-0.3, -0.25) is 0 Å². The lowest BCUT2D eigenvalue weighted by atomic mass is 10.1. The molecule has 1 aromatic heterocycles. The first kappa shape index (κ1) is 9.69. The summed E-state index contributed by atoms with van der Waals surface area (Å²) in [6.07, 6.45) is 0. The maximum atomic E-state index is 4.18. The molecule has 0 unspecified atom stereocenters. The largest absolute Gasteiger partial charge is 0.137 e. The fourth-order valence-corrected chi connectivity index (χ4v) is 3.42. The second-order valence-corrected chi connectivity index (χ2v) is 5.61. The molecule has 0 aliphatic carbocycles. The van der Waals surface area contributed by atoms with Gasteiger partial charge in [0.05, 0.1) is 4.70 Å². The van der Waals surface area contributed by atoms with E-state index in [1.165, 1.54) is 11.5 Å². The van der Waals surface area contributed by atoms with E-state index in [9.17, 15) is 0 Å². The fraction of sp³-hybridized carbons (Fsp3) is 0. The third-order valence-electron chi connectivity index (χ3n) is 2.27. The van der Waals surface area contributed by atoms with Crippen LogP contribution in [0.15, 0.2) is 33.2 Å². The van der Waals surface area contributed by atoms with Gasteiger partial charge in [0, 0.05) is 14.3 Å². The van der Waals surface area contributed by atoms with Gasteiger partial charge >= 0.3 is 0 Å². The van der Waals surface area contributed by atoms with Crippen LogP contribution in [0.25, 0.3) is 21.0 Å². The fourth-order valence-electron chi connectivity index (χ4n) is 1.62. The highest BCUT2D eigenvalue weighted by Crippen LogP contribution is 2.36. The Balaban J connectivity index is 2.68. The zero-order chi connectivity index (χ0) is 10.4. The third-order valence-corrected chi connectivity index (χ3v) is 4.58. The average molecular weight is 344 g/mol. The van der Waals surface area contributed by atoms with Crippen LogP contribution in [0, 0.1) is 0 Å². The summed E-state index contributed by atoms with van der Waals surface area (Å²) in [4.78, 5) is 0. The summed E-state index contributed by atoms with van der Waals surface area (Å²) in [5.74, 6) is 0. The molecule has 0 aliphatic rings. The molecule has 0 fully saturated rings. The van der Waals surface area contributed by atoms with Gasteiger partial charge in [0.1, 0.15) is 5.52 Å². The lowest BCUT2D eigenvalue weighted by Gasteiger charge is -2.02. The minimum Gasteiger partial charge on any atom is -0.137 e. The molecule has 1 heterocycles. The van der Waals surface area contributed by atoms with Crippen molar-refractivity contribution in [2.75, 3.05) is 0 Å². The van der Waals surface area contributed by atoms with E-state index in [2.05, 4.69) is 53.6 Å². The summed E-state index contributed by atoms with van der Waals surface area (Å²) >= 11 is 8.49. The van der Waals surface area contributed by atoms with Gasteiger partial charge in [0.15, 0.2) is 0 Å². The molecule has 15 heavy (non-hydrogen) atoms. The Morgan fingerprint density at radius 3 is 2.87 bits per heavy atom. The van der Waals surface area contributed by atoms with E-state index in [1.54, 1.807) is 0 Å². The molecule has 0 amide bonds. The quantitative estimate of drug-likeness (QED) is 0.605. The van der Waals surface area contributed by atoms with Crippen molar-refractivity contribution in [1.82, 2.24) is 9.59 Å². The molecule has 74 valence electrons. The highest BCUT2D eigenvalue weighted by Gasteiger charge is 2.10. The number of hydrogen-bond donors (Lipinski definition) is 0. The standard InChI is InChI=1S/C10H4Br2N2S/c11-6-3-1-2-5-4-7(12)10-9(8(5)6)13-14-15-10/h1-4H. The zero-order valence-electron chi connectivity index (χ0n) is 7.37. The summed E-state index contributed by atoms with van der Waals surface area (Å²) < 4.78 is 7.20. The van der Waals surface area contributed by atoms with Crippen LogP contribution in [-0.4, -0.2) is 9.59 Å². The van der Waals surface area contributed by atoms with Crippen molar-refractivity contribution in [3.05, 3.63) is 33.2 Å². The predicted molar refractivity (Wildman–Crippen MR) is 70.3 cm³/mol. The maximum absolute atomic E-state index is 4.18. The number of halogens is 2. The Hall–Kier alpha value is -0.520. The normalized spacial score (nSPS) is 11.3. The highest BCUT2D eigenvalue weighted by atomic mass is 79.9. The molecule has 3 aromatic rings. The highest BCUT2D eigenvalue weighted by molar-refractivity contribution is 9.11. The molecular formula is C10H4Br2N2S. The molecule has 0 saturated heterocycles. The van der Waals surface area contributed by atoms with Crippen LogP contribution in [0.5, 0.6) is 0 Å². The van der Waals surface area contributed by atoms with Gasteiger partial charge in [-0.2, -0.15) is 0 Å². The molecule has 0 bridgehead atoms. The monoisotopic (exact) mass is 342 g/mol. The van der Waals surface area contributed by atoms with E-state index in [4.69, 9.17) is 0 Å². The average Bonchev–Trinajstić information content (AvgIpc) is 2.66. The number of rotatable bonds is 0. The van der Waals surface area contributed by atoms with E-state index in [1.807, 2.05) is 12.1 Å². The molecule has 0 saturated carbocycles. The molecule has 0 atom stereocenters. The van der Waals surface area contributed by atoms with Crippen molar-refractivity contribution in [3.63, 3.8) is 0 Å². The van der Waals surface area contributed by atoms with Crippen LogP contribution in [0.1, 0.15) is 0 Å². The van der Waals surface area contributed by atoms with Gasteiger partial charge in [-0.25, -0.2) is 0 Å². The summed E-state index contributed by atoms with van der Waals surface area (Å²) in [5.41, 5.74) is 0.955. The zero-order valence-corrected chi connectivity index (χ0v) is 11.4. The molecule has 5 heteroatoms. The predicted octanol–water partition coefficient (Wildman–Crippen LogP) is 4.37. The van der Waals surface area contributed by atoms with Crippen LogP contribution >= 0.6 is 43.4 Å². The van der Waals surface area contributed by atoms with Crippen molar-refractivity contribution in [2.24, 2.45) is 0 Å². The van der Waals surface area contributed by atoms with Crippen molar-refractivity contribution < 1.29 is 0 Å². The molecular weight excluding hydrogens is 340 g/mol. The summed E-state index contributed by atoms with van der Waals surface area (Å²) in [5, 5.41) is 6.47. The first-order valence-corrected chi connectivity index (χ1v) is 6.62. The van der Waals surface area contributed by atoms with Crippen LogP contribution in [-0.2, 0) is 0 Å². The minimum absolute atomic E-state index is 0.955. The Labute approximate surface area is 107 Å². The van der Waals surface area contributed by atoms with Crippen molar-refractivity contribution in [3.8, 4) is 0 Å². The maximum Gasteiger partial charge on any atom is 0.116 e. The van der Waals surface area contributed by atoms with Crippen LogP contribution in [0.3, 0.4) is 0 Å². The molecule has 3 rings (SSSR count). The number of benzene rings is 2. The Morgan fingerprint density at radius 2 is 2.00 bits per heavy atom. The van der Waals surface area contributed by atoms with Crippen molar-refractivity contribution in [1.29, 1.82) is 0 Å². The van der Waals surface area contributed by atoms with E-state index < -0.39 is 0 Å². The van der Waals surface area contributed by atoms with Crippen LogP contribution < -0.4 is 0 Å². The second-order valence-electron chi connectivity index (χ2n) is 3.15. The van der Waals surface area contributed by atoms with Gasteiger partial charge in [-0.15, -0.1) is 5.10 Å². The summed E-state index contributed by atoms with van der Waals surface area (Å²) in [7, 11) is 0. The van der Waals surface area contributed by atoms with E-state index in [0.717, 1.165) is 29.9 Å². The summed E-state index contributed by atoms with van der Waals surface area (Å²) in [6, 6.07) is 8.21. The lowest BCUT2D eigenvalue weighted by molar-refractivity contribution is 1.20. The molecule has 0 aliphatic heterocycles. The van der Waals surface area contributed by atoms with Crippen molar-refractivity contribution in [2.45, 2.75) is 0 Å². The van der Waals surface area contributed by atoms with Gasteiger partial charge in [0.25, 0.3) is 0 Å². The Bertz CT molecular complexity index is 663. The molecule has 0 radical (unpaired) electrons. The number of aromatic nitrogens is 2. The number of nitrogens with zero attached hydrogens (tertiary/aromatic N) is 2. The first-order valence-electron chi connectivity index (χ1n) is 4.26. The smallest absolute Gasteiger partial charge is 0.116 e. The molecule has 0 N–H and O–H groups in total. The van der Waals surface area contributed by atoms with Gasteiger partial charge < -0.3 is 0 Å². The van der Waals surface area contributed by atoms with Gasteiger partial charge in [0.2, 0.25) is 0 Å². The Kier molecular flexibility index (Phi) is 2.26. The SMILES string of the molecule is Brc1cc2cccc(Br)c2c2nnsc12. The van der Waals surface area contributed by atoms with E-state index >= 15 is 0 Å². The van der Waals surface area contributed by atoms with Crippen LogP contribution in [0.4, 0.5) is 0 Å². The second kappa shape index (κ2) is 3.50. The summed E-state index contributed by atoms with van der Waals surface area (Å²) in [6.45, 7) is 0. The molecule has 2 nitrogen and oxygen atoms in total. The van der Waals surface area contributed by atoms with Crippen molar-refractivity contribution >= 4 is 64.4 Å².